The van der Waals surface area contributed by atoms with Gasteiger partial charge in [-0.3, -0.25) is 4.79 Å². The van der Waals surface area contributed by atoms with E-state index < -0.39 is 24.4 Å². The van der Waals surface area contributed by atoms with Crippen LogP contribution in [0.5, 0.6) is 0 Å². The molecule has 0 aromatic heterocycles. The van der Waals surface area contributed by atoms with Crippen LogP contribution in [0.25, 0.3) is 0 Å². The maximum absolute atomic E-state index is 13.8. The van der Waals surface area contributed by atoms with Gasteiger partial charge in [0.15, 0.2) is 0 Å². The molecule has 1 aromatic rings. The lowest BCUT2D eigenvalue weighted by atomic mass is 10.1. The lowest BCUT2D eigenvalue weighted by Gasteiger charge is -2.26. The average Bonchev–Trinajstić information content (AvgIpc) is 2.28. The summed E-state index contributed by atoms with van der Waals surface area (Å²) in [6.07, 6.45) is -4.52. The van der Waals surface area contributed by atoms with Crippen molar-refractivity contribution < 1.29 is 22.4 Å². The van der Waals surface area contributed by atoms with E-state index in [2.05, 4.69) is 15.9 Å². The van der Waals surface area contributed by atoms with Crippen molar-refractivity contribution in [3.8, 4) is 0 Å². The van der Waals surface area contributed by atoms with Crippen LogP contribution in [0, 0.1) is 11.7 Å². The summed E-state index contributed by atoms with van der Waals surface area (Å²) in [6, 6.07) is 3.95. The summed E-state index contributed by atoms with van der Waals surface area (Å²) in [5.74, 6) is -1.97. The molecule has 7 heteroatoms. The highest BCUT2D eigenvalue weighted by Crippen LogP contribution is 2.23. The molecule has 0 saturated carbocycles. The number of amides is 1. The molecule has 0 bridgehead atoms. The topological polar surface area (TPSA) is 20.3 Å². The van der Waals surface area contributed by atoms with Crippen LogP contribution in [-0.4, -0.2) is 30.1 Å². The fraction of sp³-hybridized carbons (Fsp3) is 0.462. The van der Waals surface area contributed by atoms with Crippen LogP contribution in [0.15, 0.2) is 22.7 Å². The summed E-state index contributed by atoms with van der Waals surface area (Å²) in [4.78, 5) is 12.7. The molecule has 1 aromatic carbocycles. The van der Waals surface area contributed by atoms with E-state index >= 15 is 0 Å². The molecule has 0 spiro atoms. The summed E-state index contributed by atoms with van der Waals surface area (Å²) in [6.45, 7) is 1.89. The van der Waals surface area contributed by atoms with Crippen LogP contribution in [0.3, 0.4) is 0 Å². The molecule has 2 nitrogen and oxygen atoms in total. The van der Waals surface area contributed by atoms with Crippen LogP contribution in [0.2, 0.25) is 0 Å². The second-order valence-corrected chi connectivity index (χ2v) is 5.65. The normalized spacial score (nSPS) is 11.8. The van der Waals surface area contributed by atoms with Crippen molar-refractivity contribution in [1.29, 1.82) is 0 Å². The number of carbonyl (C=O) groups excluding carboxylic acids is 1. The molecule has 0 aliphatic carbocycles. The van der Waals surface area contributed by atoms with Crippen molar-refractivity contribution in [2.24, 2.45) is 5.92 Å². The minimum absolute atomic E-state index is 0.0415. The lowest BCUT2D eigenvalue weighted by Crippen LogP contribution is -2.41. The number of benzene rings is 1. The number of nitrogens with zero attached hydrogens (tertiary/aromatic N) is 1. The van der Waals surface area contributed by atoms with Crippen molar-refractivity contribution in [1.82, 2.24) is 4.90 Å². The zero-order chi connectivity index (χ0) is 15.5. The first-order chi connectivity index (χ1) is 9.11. The molecule has 0 aliphatic rings. The smallest absolute Gasteiger partial charge is 0.329 e. The Hall–Kier alpha value is -1.11. The number of alkyl halides is 3. The van der Waals surface area contributed by atoms with Crippen LogP contribution < -0.4 is 0 Å². The molecule has 0 N–H and O–H groups in total. The van der Waals surface area contributed by atoms with Crippen molar-refractivity contribution in [2.75, 3.05) is 13.1 Å². The maximum atomic E-state index is 13.8. The third kappa shape index (κ3) is 4.77. The average molecular weight is 356 g/mol. The highest BCUT2D eigenvalue weighted by Gasteiger charge is 2.34. The molecule has 0 fully saturated rings. The third-order valence-electron chi connectivity index (χ3n) is 2.42. The summed E-state index contributed by atoms with van der Waals surface area (Å²) < 4.78 is 51.4. The van der Waals surface area contributed by atoms with Gasteiger partial charge in [-0.05, 0) is 34.0 Å². The summed E-state index contributed by atoms with van der Waals surface area (Å²) in [5.41, 5.74) is -0.371. The van der Waals surface area contributed by atoms with E-state index in [1.54, 1.807) is 13.8 Å². The Balaban J connectivity index is 3.06. The second-order valence-electron chi connectivity index (χ2n) is 4.80. The molecule has 0 unspecified atom stereocenters. The molecule has 0 saturated heterocycles. The summed E-state index contributed by atoms with van der Waals surface area (Å²) in [5, 5.41) is 0. The zero-order valence-corrected chi connectivity index (χ0v) is 12.6. The van der Waals surface area contributed by atoms with Gasteiger partial charge >= 0.3 is 6.18 Å². The summed E-state index contributed by atoms with van der Waals surface area (Å²) in [7, 11) is 0. The van der Waals surface area contributed by atoms with Crippen molar-refractivity contribution in [2.45, 2.75) is 20.0 Å². The molecule has 1 rings (SSSR count). The van der Waals surface area contributed by atoms with E-state index in [-0.39, 0.29) is 22.5 Å². The Morgan fingerprint density at radius 2 is 1.95 bits per heavy atom. The van der Waals surface area contributed by atoms with E-state index in [0.717, 1.165) is 0 Å². The standard InChI is InChI=1S/C13H14BrF4NO/c1-8(2)6-19(7-13(16,17)18)12(20)9-4-3-5-10(14)11(9)15/h3-5,8H,6-7H2,1-2H3. The molecule has 0 heterocycles. The van der Waals surface area contributed by atoms with Gasteiger partial charge in [0.25, 0.3) is 5.91 Å². The molecule has 20 heavy (non-hydrogen) atoms. The Bertz CT molecular complexity index is 488. The minimum atomic E-state index is -4.52. The lowest BCUT2D eigenvalue weighted by molar-refractivity contribution is -0.141. The van der Waals surface area contributed by atoms with Crippen LogP contribution in [0.4, 0.5) is 17.6 Å². The zero-order valence-electron chi connectivity index (χ0n) is 11.0. The number of hydrogen-bond acceptors (Lipinski definition) is 1. The van der Waals surface area contributed by atoms with E-state index in [4.69, 9.17) is 0 Å². The van der Waals surface area contributed by atoms with Crippen molar-refractivity contribution in [3.63, 3.8) is 0 Å². The molecular weight excluding hydrogens is 342 g/mol. The Labute approximate surface area is 122 Å². The predicted molar refractivity (Wildman–Crippen MR) is 70.9 cm³/mol. The fourth-order valence-electron chi connectivity index (χ4n) is 1.72. The monoisotopic (exact) mass is 355 g/mol. The van der Waals surface area contributed by atoms with Gasteiger partial charge in [0.05, 0.1) is 10.0 Å². The van der Waals surface area contributed by atoms with Gasteiger partial charge in [0, 0.05) is 6.54 Å². The first-order valence-corrected chi connectivity index (χ1v) is 6.71. The number of rotatable bonds is 4. The highest BCUT2D eigenvalue weighted by atomic mass is 79.9. The number of halogens is 5. The largest absolute Gasteiger partial charge is 0.406 e. The van der Waals surface area contributed by atoms with E-state index in [9.17, 15) is 22.4 Å². The van der Waals surface area contributed by atoms with Gasteiger partial charge in [-0.1, -0.05) is 19.9 Å². The number of carbonyl (C=O) groups is 1. The van der Waals surface area contributed by atoms with Gasteiger partial charge < -0.3 is 4.90 Å². The van der Waals surface area contributed by atoms with Gasteiger partial charge in [0.2, 0.25) is 0 Å². The predicted octanol–water partition coefficient (Wildman–Crippen LogP) is 4.25. The highest BCUT2D eigenvalue weighted by molar-refractivity contribution is 9.10. The van der Waals surface area contributed by atoms with Crippen molar-refractivity contribution in [3.05, 3.63) is 34.1 Å². The molecule has 0 atom stereocenters. The Kier molecular flexibility index (Phi) is 5.56. The first kappa shape index (κ1) is 16.9. The van der Waals surface area contributed by atoms with E-state index in [1.165, 1.54) is 18.2 Å². The molecule has 112 valence electrons. The third-order valence-corrected chi connectivity index (χ3v) is 3.04. The van der Waals surface area contributed by atoms with Gasteiger partial charge in [-0.2, -0.15) is 13.2 Å². The van der Waals surface area contributed by atoms with Gasteiger partial charge in [0.1, 0.15) is 12.4 Å². The van der Waals surface area contributed by atoms with Crippen LogP contribution in [0.1, 0.15) is 24.2 Å². The maximum Gasteiger partial charge on any atom is 0.406 e. The van der Waals surface area contributed by atoms with E-state index in [1.807, 2.05) is 0 Å². The van der Waals surface area contributed by atoms with Crippen molar-refractivity contribution >= 4 is 21.8 Å². The van der Waals surface area contributed by atoms with Gasteiger partial charge in [-0.25, -0.2) is 4.39 Å². The van der Waals surface area contributed by atoms with E-state index in [0.29, 0.717) is 4.90 Å². The quantitative estimate of drug-likeness (QED) is 0.739. The SMILES string of the molecule is CC(C)CN(CC(F)(F)F)C(=O)c1cccc(Br)c1F. The second kappa shape index (κ2) is 6.56. The van der Waals surface area contributed by atoms with Gasteiger partial charge in [-0.15, -0.1) is 0 Å². The minimum Gasteiger partial charge on any atom is -0.329 e. The van der Waals surface area contributed by atoms with Crippen LogP contribution >= 0.6 is 15.9 Å². The Morgan fingerprint density at radius 1 is 1.35 bits per heavy atom. The molecule has 0 radical (unpaired) electrons. The fourth-order valence-corrected chi connectivity index (χ4v) is 2.08. The van der Waals surface area contributed by atoms with Crippen LogP contribution in [-0.2, 0) is 0 Å². The molecular formula is C13H14BrF4NO. The first-order valence-electron chi connectivity index (χ1n) is 5.92. The molecule has 1 amide bonds. The molecule has 0 aliphatic heterocycles. The number of hydrogen-bond donors (Lipinski definition) is 0. The Morgan fingerprint density at radius 3 is 2.45 bits per heavy atom. The summed E-state index contributed by atoms with van der Waals surface area (Å²) >= 11 is 2.91.